The molecule has 0 fully saturated rings. The van der Waals surface area contributed by atoms with Gasteiger partial charge in [-0.05, 0) is 122 Å². The number of hydrogen-bond acceptors (Lipinski definition) is 1. The second-order valence-corrected chi connectivity index (χ2v) is 15.4. The number of fused-ring (bicyclic) bond motifs is 3. The maximum Gasteiger partial charge on any atom is 0.0629 e. The Bertz CT molecular complexity index is 3540. The highest BCUT2D eigenvalue weighted by Gasteiger charge is 2.16. The van der Waals surface area contributed by atoms with Crippen molar-refractivity contribution in [2.24, 2.45) is 0 Å². The fourth-order valence-corrected chi connectivity index (χ4v) is 8.57. The van der Waals surface area contributed by atoms with Crippen molar-refractivity contribution in [2.45, 2.75) is 0 Å². The third kappa shape index (κ3) is 7.04. The van der Waals surface area contributed by atoms with E-state index in [9.17, 15) is 0 Å². The standard InChI is InChI=1S/C60H42N2/c1-4-12-43(13-5-1)47-24-33-53(34-25-47)61(54-35-26-48(27-36-54)44-14-6-2-7-15-44)55-37-28-50(29-38-55)46-20-22-51(23-21-46)52-32-41-60-58(42-52)57-18-10-11-19-59(57)62(60)56-39-30-49(31-40-56)45-16-8-3-9-17-45/h1-42H/i1D,4D,5D,12D,13D. The molecule has 62 heavy (non-hydrogen) atoms. The number of benzene rings is 10. The van der Waals surface area contributed by atoms with E-state index in [1.54, 1.807) is 0 Å². The van der Waals surface area contributed by atoms with Crippen molar-refractivity contribution < 1.29 is 6.85 Å². The molecule has 0 saturated carbocycles. The summed E-state index contributed by atoms with van der Waals surface area (Å²) in [4.78, 5) is 2.17. The van der Waals surface area contributed by atoms with Crippen LogP contribution in [0.15, 0.2) is 255 Å². The number of nitrogens with zero attached hydrogens (tertiary/aromatic N) is 2. The zero-order valence-corrected chi connectivity index (χ0v) is 33.8. The first kappa shape index (κ1) is 31.7. The molecule has 0 saturated heterocycles. The maximum absolute atomic E-state index is 8.54. The Hall–Kier alpha value is -8.20. The Kier molecular flexibility index (Phi) is 8.23. The largest absolute Gasteiger partial charge is 0.311 e. The van der Waals surface area contributed by atoms with Crippen LogP contribution >= 0.6 is 0 Å². The number of aromatic nitrogens is 1. The second-order valence-electron chi connectivity index (χ2n) is 15.4. The second kappa shape index (κ2) is 16.1. The lowest BCUT2D eigenvalue weighted by atomic mass is 9.98. The van der Waals surface area contributed by atoms with Crippen LogP contribution < -0.4 is 4.90 Å². The van der Waals surface area contributed by atoms with E-state index in [0.717, 1.165) is 56.1 Å². The van der Waals surface area contributed by atoms with E-state index in [1.165, 1.54) is 32.9 Å². The molecule has 1 aromatic heterocycles. The van der Waals surface area contributed by atoms with Gasteiger partial charge >= 0.3 is 0 Å². The molecule has 0 unspecified atom stereocenters. The van der Waals surface area contributed by atoms with Gasteiger partial charge in [0.2, 0.25) is 0 Å². The molecular weight excluding hydrogens is 749 g/mol. The van der Waals surface area contributed by atoms with Crippen LogP contribution in [0.4, 0.5) is 17.1 Å². The summed E-state index contributed by atoms with van der Waals surface area (Å²) in [6.07, 6.45) is 0. The summed E-state index contributed by atoms with van der Waals surface area (Å²) in [7, 11) is 0. The van der Waals surface area contributed by atoms with Crippen molar-refractivity contribution in [3.8, 4) is 61.3 Å². The van der Waals surface area contributed by atoms with Crippen molar-refractivity contribution in [1.29, 1.82) is 0 Å². The Morgan fingerprint density at radius 3 is 1.18 bits per heavy atom. The Morgan fingerprint density at radius 1 is 0.290 bits per heavy atom. The maximum atomic E-state index is 8.54. The van der Waals surface area contributed by atoms with Gasteiger partial charge in [0.1, 0.15) is 0 Å². The van der Waals surface area contributed by atoms with Gasteiger partial charge in [0.25, 0.3) is 0 Å². The first-order valence-electron chi connectivity index (χ1n) is 23.3. The van der Waals surface area contributed by atoms with E-state index in [1.807, 2.05) is 48.5 Å². The molecule has 0 atom stereocenters. The van der Waals surface area contributed by atoms with Crippen LogP contribution in [0.5, 0.6) is 0 Å². The van der Waals surface area contributed by atoms with Crippen LogP contribution in [0.1, 0.15) is 6.85 Å². The molecule has 0 spiro atoms. The van der Waals surface area contributed by atoms with Crippen LogP contribution in [0.3, 0.4) is 0 Å². The monoisotopic (exact) mass is 795 g/mol. The summed E-state index contributed by atoms with van der Waals surface area (Å²) in [5, 5.41) is 2.43. The molecule has 10 aromatic carbocycles. The SMILES string of the molecule is [2H]c1c([2H])c([2H])c(-c2ccc(N(c3ccc(-c4ccccc4)cc3)c3ccc(-c4ccc(-c5ccc6c(c5)c5ccccc5n6-c5ccc(-c6ccccc6)cc5)cc4)cc3)cc2)c([2H])c1[2H]. The van der Waals surface area contributed by atoms with E-state index in [4.69, 9.17) is 6.85 Å². The smallest absolute Gasteiger partial charge is 0.0629 e. The fraction of sp³-hybridized carbons (Fsp3) is 0. The fourth-order valence-electron chi connectivity index (χ4n) is 8.57. The first-order valence-corrected chi connectivity index (χ1v) is 20.8. The van der Waals surface area contributed by atoms with Crippen LogP contribution in [-0.2, 0) is 0 Å². The Labute approximate surface area is 369 Å². The topological polar surface area (TPSA) is 8.17 Å². The van der Waals surface area contributed by atoms with Gasteiger partial charge in [-0.1, -0.05) is 188 Å². The molecule has 0 radical (unpaired) electrons. The molecule has 1 heterocycles. The van der Waals surface area contributed by atoms with E-state index >= 15 is 0 Å². The third-order valence-corrected chi connectivity index (χ3v) is 11.7. The van der Waals surface area contributed by atoms with Crippen LogP contribution in [0.2, 0.25) is 0 Å². The average Bonchev–Trinajstić information content (AvgIpc) is 3.73. The minimum atomic E-state index is -0.403. The average molecular weight is 796 g/mol. The number of hydrogen-bond donors (Lipinski definition) is 0. The number of rotatable bonds is 9. The molecule has 2 heteroatoms. The summed E-state index contributed by atoms with van der Waals surface area (Å²) in [6.45, 7) is 0. The van der Waals surface area contributed by atoms with Crippen molar-refractivity contribution in [2.75, 3.05) is 4.90 Å². The molecule has 11 aromatic rings. The van der Waals surface area contributed by atoms with Crippen LogP contribution in [0.25, 0.3) is 83.1 Å². The van der Waals surface area contributed by atoms with E-state index < -0.39 is 6.04 Å². The molecule has 0 aliphatic carbocycles. The highest BCUT2D eigenvalue weighted by Crippen LogP contribution is 2.39. The van der Waals surface area contributed by atoms with Gasteiger partial charge in [-0.2, -0.15) is 0 Å². The summed E-state index contributed by atoms with van der Waals surface area (Å²) in [6, 6.07) is 76.7. The van der Waals surface area contributed by atoms with Gasteiger partial charge in [-0.15, -0.1) is 0 Å². The van der Waals surface area contributed by atoms with Gasteiger partial charge in [0.15, 0.2) is 0 Å². The van der Waals surface area contributed by atoms with E-state index in [2.05, 4.69) is 185 Å². The van der Waals surface area contributed by atoms with Crippen LogP contribution in [-0.4, -0.2) is 4.57 Å². The van der Waals surface area contributed by atoms with E-state index in [0.29, 0.717) is 5.56 Å². The summed E-state index contributed by atoms with van der Waals surface area (Å²) in [5.41, 5.74) is 16.1. The van der Waals surface area contributed by atoms with E-state index in [-0.39, 0.29) is 29.7 Å². The van der Waals surface area contributed by atoms with Gasteiger partial charge < -0.3 is 9.47 Å². The van der Waals surface area contributed by atoms with Crippen molar-refractivity contribution in [3.63, 3.8) is 0 Å². The van der Waals surface area contributed by atoms with Crippen molar-refractivity contribution in [1.82, 2.24) is 4.57 Å². The molecule has 0 aliphatic rings. The Morgan fingerprint density at radius 2 is 0.661 bits per heavy atom. The highest BCUT2D eigenvalue weighted by molar-refractivity contribution is 6.10. The molecular formula is C60H42N2. The highest BCUT2D eigenvalue weighted by atomic mass is 15.1. The summed E-state index contributed by atoms with van der Waals surface area (Å²) >= 11 is 0. The van der Waals surface area contributed by atoms with Gasteiger partial charge in [-0.3, -0.25) is 0 Å². The van der Waals surface area contributed by atoms with Gasteiger partial charge in [-0.25, -0.2) is 0 Å². The predicted octanol–water partition coefficient (Wildman–Crippen LogP) is 16.6. The van der Waals surface area contributed by atoms with Crippen LogP contribution in [0, 0.1) is 0 Å². The zero-order valence-electron chi connectivity index (χ0n) is 38.8. The Balaban J connectivity index is 0.897. The zero-order chi connectivity index (χ0) is 45.6. The third-order valence-electron chi connectivity index (χ3n) is 11.7. The minimum absolute atomic E-state index is 0.181. The number of anilines is 3. The molecule has 0 aliphatic heterocycles. The van der Waals surface area contributed by atoms with Gasteiger partial charge in [0, 0.05) is 33.5 Å². The number of para-hydroxylation sites is 1. The molecule has 0 N–H and O–H groups in total. The van der Waals surface area contributed by atoms with Gasteiger partial charge in [0.05, 0.1) is 17.9 Å². The van der Waals surface area contributed by atoms with Crippen molar-refractivity contribution >= 4 is 38.9 Å². The predicted molar refractivity (Wildman–Crippen MR) is 263 cm³/mol. The first-order chi connectivity index (χ1) is 32.8. The lowest BCUT2D eigenvalue weighted by molar-refractivity contribution is 1.18. The molecule has 11 rings (SSSR count). The lowest BCUT2D eigenvalue weighted by Gasteiger charge is -2.26. The molecule has 292 valence electrons. The molecule has 0 bridgehead atoms. The molecule has 0 amide bonds. The molecule has 2 nitrogen and oxygen atoms in total. The van der Waals surface area contributed by atoms with Crippen molar-refractivity contribution in [3.05, 3.63) is 255 Å². The summed E-state index contributed by atoms with van der Waals surface area (Å²) in [5.74, 6) is 0. The quantitative estimate of drug-likeness (QED) is 0.141. The summed E-state index contributed by atoms with van der Waals surface area (Å²) < 4.78 is 43.9. The minimum Gasteiger partial charge on any atom is -0.311 e. The normalized spacial score (nSPS) is 12.4. The lowest BCUT2D eigenvalue weighted by Crippen LogP contribution is -2.09.